The largest absolute Gasteiger partial charge is 0.461 e. The first-order chi connectivity index (χ1) is 13.1. The van der Waals surface area contributed by atoms with Crippen molar-refractivity contribution in [1.29, 1.82) is 0 Å². The SMILES string of the molecule is CC[C@@H](C(=O)Nc1ccc2cnccc2c1)c1ccc(COC(C)=O)cc1. The minimum absolute atomic E-state index is 0.0429. The molecule has 0 spiro atoms. The van der Waals surface area contributed by atoms with Crippen LogP contribution in [0.1, 0.15) is 37.3 Å². The summed E-state index contributed by atoms with van der Waals surface area (Å²) in [5.41, 5.74) is 2.60. The minimum atomic E-state index is -0.309. The summed E-state index contributed by atoms with van der Waals surface area (Å²) in [5, 5.41) is 5.08. The number of nitrogens with zero attached hydrogens (tertiary/aromatic N) is 1. The van der Waals surface area contributed by atoms with Crippen molar-refractivity contribution in [3.8, 4) is 0 Å². The number of hydrogen-bond acceptors (Lipinski definition) is 4. The molecule has 1 aromatic heterocycles. The number of hydrogen-bond donors (Lipinski definition) is 1. The average molecular weight is 362 g/mol. The van der Waals surface area contributed by atoms with Crippen molar-refractivity contribution in [2.45, 2.75) is 32.8 Å². The van der Waals surface area contributed by atoms with E-state index in [0.29, 0.717) is 6.42 Å². The fraction of sp³-hybridized carbons (Fsp3) is 0.227. The molecule has 1 heterocycles. The molecular weight excluding hydrogens is 340 g/mol. The second-order valence-corrected chi connectivity index (χ2v) is 6.41. The van der Waals surface area contributed by atoms with Crippen molar-refractivity contribution >= 4 is 28.3 Å². The molecule has 3 rings (SSSR count). The molecular formula is C22H22N2O3. The van der Waals surface area contributed by atoms with Crippen molar-refractivity contribution in [2.24, 2.45) is 0 Å². The third kappa shape index (κ3) is 4.70. The zero-order valence-corrected chi connectivity index (χ0v) is 15.4. The van der Waals surface area contributed by atoms with Crippen LogP contribution in [0, 0.1) is 0 Å². The summed E-state index contributed by atoms with van der Waals surface area (Å²) in [5.74, 6) is -0.601. The normalized spacial score (nSPS) is 11.8. The number of carbonyl (C=O) groups excluding carboxylic acids is 2. The molecule has 1 N–H and O–H groups in total. The summed E-state index contributed by atoms with van der Waals surface area (Å²) in [6, 6.07) is 15.3. The van der Waals surface area contributed by atoms with Gasteiger partial charge >= 0.3 is 5.97 Å². The summed E-state index contributed by atoms with van der Waals surface area (Å²) in [6.07, 6.45) is 4.22. The quantitative estimate of drug-likeness (QED) is 0.659. The molecule has 27 heavy (non-hydrogen) atoms. The number of fused-ring (bicyclic) bond motifs is 1. The average Bonchev–Trinajstić information content (AvgIpc) is 2.68. The Labute approximate surface area is 158 Å². The molecule has 1 amide bonds. The molecule has 138 valence electrons. The lowest BCUT2D eigenvalue weighted by Crippen LogP contribution is -2.20. The van der Waals surface area contributed by atoms with Crippen molar-refractivity contribution in [1.82, 2.24) is 4.98 Å². The lowest BCUT2D eigenvalue weighted by molar-refractivity contribution is -0.142. The molecule has 0 bridgehead atoms. The lowest BCUT2D eigenvalue weighted by Gasteiger charge is -2.16. The van der Waals surface area contributed by atoms with Crippen molar-refractivity contribution in [2.75, 3.05) is 5.32 Å². The second-order valence-electron chi connectivity index (χ2n) is 6.41. The molecule has 0 unspecified atom stereocenters. The Morgan fingerprint density at radius 1 is 1.07 bits per heavy atom. The van der Waals surface area contributed by atoms with E-state index < -0.39 is 0 Å². The number of benzene rings is 2. The molecule has 0 saturated heterocycles. The third-order valence-corrected chi connectivity index (χ3v) is 4.46. The van der Waals surface area contributed by atoms with E-state index >= 15 is 0 Å². The topological polar surface area (TPSA) is 68.3 Å². The van der Waals surface area contributed by atoms with Gasteiger partial charge in [0, 0.05) is 30.4 Å². The predicted octanol–water partition coefficient (Wildman–Crippen LogP) is 4.43. The van der Waals surface area contributed by atoms with Gasteiger partial charge in [-0.2, -0.15) is 0 Å². The molecule has 0 aliphatic heterocycles. The molecule has 0 fully saturated rings. The number of ether oxygens (including phenoxy) is 1. The first-order valence-corrected chi connectivity index (χ1v) is 8.93. The van der Waals surface area contributed by atoms with Crippen molar-refractivity contribution < 1.29 is 14.3 Å². The van der Waals surface area contributed by atoms with E-state index in [1.54, 1.807) is 12.4 Å². The van der Waals surface area contributed by atoms with Gasteiger partial charge in [0.15, 0.2) is 0 Å². The van der Waals surface area contributed by atoms with Crippen molar-refractivity contribution in [3.05, 3.63) is 72.1 Å². The third-order valence-electron chi connectivity index (χ3n) is 4.46. The number of aromatic nitrogens is 1. The van der Waals surface area contributed by atoms with Gasteiger partial charge in [0.05, 0.1) is 5.92 Å². The summed E-state index contributed by atoms with van der Waals surface area (Å²) < 4.78 is 4.99. The maximum absolute atomic E-state index is 12.8. The van der Waals surface area contributed by atoms with Gasteiger partial charge in [-0.25, -0.2) is 0 Å². The standard InChI is InChI=1S/C22H22N2O3/c1-3-21(17-6-4-16(5-7-17)14-27-15(2)25)22(26)24-20-9-8-19-13-23-11-10-18(19)12-20/h4-13,21H,3,14H2,1-2H3,(H,24,26)/t21-/m1/s1. The van der Waals surface area contributed by atoms with E-state index in [2.05, 4.69) is 10.3 Å². The van der Waals surface area contributed by atoms with E-state index in [4.69, 9.17) is 4.74 Å². The van der Waals surface area contributed by atoms with Gasteiger partial charge in [-0.15, -0.1) is 0 Å². The van der Waals surface area contributed by atoms with Crippen LogP contribution >= 0.6 is 0 Å². The Morgan fingerprint density at radius 2 is 1.85 bits per heavy atom. The number of rotatable bonds is 6. The van der Waals surface area contributed by atoms with Crippen LogP contribution in [0.2, 0.25) is 0 Å². The number of esters is 1. The highest BCUT2D eigenvalue weighted by molar-refractivity contribution is 5.97. The van der Waals surface area contributed by atoms with Crippen LogP contribution in [0.25, 0.3) is 10.8 Å². The van der Waals surface area contributed by atoms with Crippen LogP contribution in [0.15, 0.2) is 60.9 Å². The Kier molecular flexibility index (Phi) is 5.81. The van der Waals surface area contributed by atoms with Gasteiger partial charge in [-0.1, -0.05) is 37.3 Å². The first-order valence-electron chi connectivity index (χ1n) is 8.93. The molecule has 5 nitrogen and oxygen atoms in total. The Hall–Kier alpha value is -3.21. The maximum Gasteiger partial charge on any atom is 0.302 e. The number of nitrogens with one attached hydrogen (secondary N) is 1. The van der Waals surface area contributed by atoms with Crippen LogP contribution in [-0.2, 0) is 20.9 Å². The van der Waals surface area contributed by atoms with Gasteiger partial charge in [0.2, 0.25) is 5.91 Å². The van der Waals surface area contributed by atoms with Crippen LogP contribution in [0.3, 0.4) is 0 Å². The number of carbonyl (C=O) groups is 2. The van der Waals surface area contributed by atoms with E-state index in [9.17, 15) is 9.59 Å². The maximum atomic E-state index is 12.8. The predicted molar refractivity (Wildman–Crippen MR) is 105 cm³/mol. The summed E-state index contributed by atoms with van der Waals surface area (Å²) >= 11 is 0. The van der Waals surface area contributed by atoms with Crippen LogP contribution in [0.4, 0.5) is 5.69 Å². The zero-order chi connectivity index (χ0) is 19.2. The molecule has 0 aliphatic rings. The Bertz CT molecular complexity index is 951. The van der Waals surface area contributed by atoms with Gasteiger partial charge in [-0.05, 0) is 41.1 Å². The Morgan fingerprint density at radius 3 is 2.56 bits per heavy atom. The summed E-state index contributed by atoms with van der Waals surface area (Å²) in [4.78, 5) is 27.8. The van der Waals surface area contributed by atoms with E-state index in [1.165, 1.54) is 6.92 Å². The molecule has 3 aromatic rings. The number of anilines is 1. The Balaban J connectivity index is 1.72. The van der Waals surface area contributed by atoms with Crippen LogP contribution in [-0.4, -0.2) is 16.9 Å². The highest BCUT2D eigenvalue weighted by atomic mass is 16.5. The monoisotopic (exact) mass is 362 g/mol. The van der Waals surface area contributed by atoms with Crippen LogP contribution in [0.5, 0.6) is 0 Å². The molecule has 2 aromatic carbocycles. The molecule has 0 saturated carbocycles. The second kappa shape index (κ2) is 8.45. The minimum Gasteiger partial charge on any atom is -0.461 e. The fourth-order valence-corrected chi connectivity index (χ4v) is 2.99. The van der Waals surface area contributed by atoms with E-state index in [-0.39, 0.29) is 24.4 Å². The van der Waals surface area contributed by atoms with Crippen LogP contribution < -0.4 is 5.32 Å². The molecule has 0 aliphatic carbocycles. The highest BCUT2D eigenvalue weighted by Crippen LogP contribution is 2.24. The zero-order valence-electron chi connectivity index (χ0n) is 15.4. The fourth-order valence-electron chi connectivity index (χ4n) is 2.99. The van der Waals surface area contributed by atoms with E-state index in [0.717, 1.165) is 27.6 Å². The smallest absolute Gasteiger partial charge is 0.302 e. The molecule has 5 heteroatoms. The van der Waals surface area contributed by atoms with E-state index in [1.807, 2.05) is 55.5 Å². The van der Waals surface area contributed by atoms with Crippen molar-refractivity contribution in [3.63, 3.8) is 0 Å². The van der Waals surface area contributed by atoms with Gasteiger partial charge in [0.25, 0.3) is 0 Å². The van der Waals surface area contributed by atoms with Gasteiger partial charge in [-0.3, -0.25) is 14.6 Å². The first kappa shape index (κ1) is 18.6. The highest BCUT2D eigenvalue weighted by Gasteiger charge is 2.19. The van der Waals surface area contributed by atoms with Gasteiger partial charge in [0.1, 0.15) is 6.61 Å². The van der Waals surface area contributed by atoms with Gasteiger partial charge < -0.3 is 10.1 Å². The lowest BCUT2D eigenvalue weighted by atomic mass is 9.94. The molecule has 1 atom stereocenters. The molecule has 0 radical (unpaired) electrons. The summed E-state index contributed by atoms with van der Waals surface area (Å²) in [6.45, 7) is 3.61. The number of pyridine rings is 1. The number of amides is 1. The summed E-state index contributed by atoms with van der Waals surface area (Å²) in [7, 11) is 0.